The van der Waals surface area contributed by atoms with Gasteiger partial charge in [-0.15, -0.1) is 0 Å². The molecule has 2 N–H and O–H groups in total. The molecule has 20 heavy (non-hydrogen) atoms. The van der Waals surface area contributed by atoms with Gasteiger partial charge in [-0.1, -0.05) is 20.3 Å². The quantitative estimate of drug-likeness (QED) is 0.920. The van der Waals surface area contributed by atoms with Gasteiger partial charge in [-0.2, -0.15) is 0 Å². The summed E-state index contributed by atoms with van der Waals surface area (Å²) in [4.78, 5) is 4.39. The second kappa shape index (κ2) is 5.86. The monoisotopic (exact) mass is 277 g/mol. The second-order valence-corrected chi connectivity index (χ2v) is 6.55. The van der Waals surface area contributed by atoms with Gasteiger partial charge < -0.3 is 15.0 Å². The molecule has 0 amide bonds. The van der Waals surface area contributed by atoms with Gasteiger partial charge in [0.15, 0.2) is 0 Å². The zero-order chi connectivity index (χ0) is 14.1. The molecule has 1 aliphatic heterocycles. The zero-order valence-electron chi connectivity index (χ0n) is 12.7. The van der Waals surface area contributed by atoms with E-state index >= 15 is 0 Å². The third-order valence-corrected chi connectivity index (χ3v) is 5.58. The highest BCUT2D eigenvalue weighted by molar-refractivity contribution is 5.09. The lowest BCUT2D eigenvalue weighted by molar-refractivity contribution is 0.179. The highest BCUT2D eigenvalue weighted by Crippen LogP contribution is 2.43. The van der Waals surface area contributed by atoms with Crippen LogP contribution in [0.5, 0.6) is 0 Å². The maximum absolute atomic E-state index is 6.48. The van der Waals surface area contributed by atoms with Crippen LogP contribution in [-0.2, 0) is 4.74 Å². The van der Waals surface area contributed by atoms with Crippen molar-refractivity contribution in [2.45, 2.75) is 51.6 Å². The molecule has 1 aliphatic carbocycles. The molecule has 0 radical (unpaired) electrons. The van der Waals surface area contributed by atoms with Crippen LogP contribution in [0.1, 0.15) is 57.3 Å². The number of imidazole rings is 1. The average molecular weight is 277 g/mol. The molecule has 112 valence electrons. The average Bonchev–Trinajstić information content (AvgIpc) is 3.18. The maximum atomic E-state index is 6.48. The van der Waals surface area contributed by atoms with Crippen molar-refractivity contribution >= 4 is 0 Å². The van der Waals surface area contributed by atoms with E-state index in [4.69, 9.17) is 10.5 Å². The van der Waals surface area contributed by atoms with E-state index in [2.05, 4.69) is 23.4 Å². The van der Waals surface area contributed by atoms with Crippen LogP contribution in [0.25, 0.3) is 0 Å². The van der Waals surface area contributed by atoms with Crippen LogP contribution >= 0.6 is 0 Å². The Morgan fingerprint density at radius 1 is 1.45 bits per heavy atom. The summed E-state index contributed by atoms with van der Waals surface area (Å²) in [5.41, 5.74) is 7.69. The number of hydrogen-bond donors (Lipinski definition) is 1. The van der Waals surface area contributed by atoms with E-state index < -0.39 is 0 Å². The molecule has 5 atom stereocenters. The summed E-state index contributed by atoms with van der Waals surface area (Å²) in [5, 5.41) is 0. The van der Waals surface area contributed by atoms with Crippen LogP contribution in [0, 0.1) is 17.8 Å². The summed E-state index contributed by atoms with van der Waals surface area (Å²) < 4.78 is 7.85. The van der Waals surface area contributed by atoms with Crippen molar-refractivity contribution in [3.05, 3.63) is 18.2 Å². The van der Waals surface area contributed by atoms with Gasteiger partial charge in [0, 0.05) is 24.8 Å². The number of hydrogen-bond acceptors (Lipinski definition) is 3. The Kier molecular flexibility index (Phi) is 4.13. The fourth-order valence-electron chi connectivity index (χ4n) is 4.12. The molecule has 1 saturated carbocycles. The van der Waals surface area contributed by atoms with Crippen LogP contribution < -0.4 is 5.73 Å². The van der Waals surface area contributed by atoms with Crippen LogP contribution in [-0.4, -0.2) is 22.8 Å². The van der Waals surface area contributed by atoms with Gasteiger partial charge >= 0.3 is 0 Å². The Bertz CT molecular complexity index is 439. The molecule has 4 nitrogen and oxygen atoms in total. The molecule has 1 aromatic rings. The first-order valence-electron chi connectivity index (χ1n) is 8.07. The van der Waals surface area contributed by atoms with Gasteiger partial charge in [0.25, 0.3) is 0 Å². The zero-order valence-corrected chi connectivity index (χ0v) is 12.7. The number of nitrogens with zero attached hydrogens (tertiary/aromatic N) is 2. The Morgan fingerprint density at radius 2 is 2.30 bits per heavy atom. The molecule has 4 heteroatoms. The number of nitrogens with two attached hydrogens (primary N) is 1. The predicted octanol–water partition coefficient (Wildman–Crippen LogP) is 2.92. The largest absolute Gasteiger partial charge is 0.381 e. The molecule has 1 aromatic heterocycles. The molecule has 0 aromatic carbocycles. The lowest BCUT2D eigenvalue weighted by Crippen LogP contribution is -2.26. The van der Waals surface area contributed by atoms with Gasteiger partial charge in [0.2, 0.25) is 0 Å². The van der Waals surface area contributed by atoms with Gasteiger partial charge in [-0.25, -0.2) is 4.98 Å². The standard InChI is InChI=1S/C16H27N3O/c1-3-12-4-5-14(11(12)2)19-10-18-8-15(19)16(17)13-6-7-20-9-13/h8,10-14,16H,3-7,9,17H2,1-2H3. The van der Waals surface area contributed by atoms with Crippen LogP contribution in [0.15, 0.2) is 12.5 Å². The van der Waals surface area contributed by atoms with Crippen molar-refractivity contribution in [1.29, 1.82) is 0 Å². The Hall–Kier alpha value is -0.870. The Morgan fingerprint density at radius 3 is 2.95 bits per heavy atom. The molecule has 3 rings (SSSR count). The van der Waals surface area contributed by atoms with Crippen molar-refractivity contribution in [3.63, 3.8) is 0 Å². The molecular formula is C16H27N3O. The topological polar surface area (TPSA) is 53.1 Å². The summed E-state index contributed by atoms with van der Waals surface area (Å²) in [7, 11) is 0. The highest BCUT2D eigenvalue weighted by atomic mass is 16.5. The van der Waals surface area contributed by atoms with E-state index in [1.807, 2.05) is 12.5 Å². The van der Waals surface area contributed by atoms with Crippen molar-refractivity contribution < 1.29 is 4.74 Å². The predicted molar refractivity (Wildman–Crippen MR) is 79.3 cm³/mol. The lowest BCUT2D eigenvalue weighted by atomic mass is 9.92. The molecule has 2 fully saturated rings. The molecule has 0 spiro atoms. The molecule has 1 saturated heterocycles. The normalized spacial score (nSPS) is 35.5. The Balaban J connectivity index is 1.79. The third-order valence-electron chi connectivity index (χ3n) is 5.58. The van der Waals surface area contributed by atoms with E-state index in [1.165, 1.54) is 25.0 Å². The maximum Gasteiger partial charge on any atom is 0.0951 e. The van der Waals surface area contributed by atoms with Gasteiger partial charge in [0.1, 0.15) is 0 Å². The van der Waals surface area contributed by atoms with Crippen molar-refractivity contribution in [2.75, 3.05) is 13.2 Å². The first-order valence-corrected chi connectivity index (χ1v) is 8.07. The van der Waals surface area contributed by atoms with Crippen molar-refractivity contribution in [1.82, 2.24) is 9.55 Å². The molecule has 2 heterocycles. The van der Waals surface area contributed by atoms with E-state index in [9.17, 15) is 0 Å². The van der Waals surface area contributed by atoms with Crippen LogP contribution in [0.4, 0.5) is 0 Å². The van der Waals surface area contributed by atoms with Crippen LogP contribution in [0.3, 0.4) is 0 Å². The summed E-state index contributed by atoms with van der Waals surface area (Å²) in [5.74, 6) is 2.02. The SMILES string of the molecule is CCC1CCC(n2cncc2C(N)C2CCOC2)C1C. The van der Waals surface area contributed by atoms with Crippen molar-refractivity contribution in [2.24, 2.45) is 23.5 Å². The number of aromatic nitrogens is 2. The second-order valence-electron chi connectivity index (χ2n) is 6.55. The van der Waals surface area contributed by atoms with E-state index in [0.717, 1.165) is 31.5 Å². The minimum absolute atomic E-state index is 0.0628. The highest BCUT2D eigenvalue weighted by Gasteiger charge is 2.35. The van der Waals surface area contributed by atoms with E-state index in [0.29, 0.717) is 12.0 Å². The van der Waals surface area contributed by atoms with Crippen molar-refractivity contribution in [3.8, 4) is 0 Å². The first-order chi connectivity index (χ1) is 9.72. The van der Waals surface area contributed by atoms with Gasteiger partial charge in [-0.05, 0) is 31.1 Å². The first kappa shape index (κ1) is 14.1. The fourth-order valence-corrected chi connectivity index (χ4v) is 4.12. The minimum atomic E-state index is 0.0628. The molecule has 0 bridgehead atoms. The summed E-state index contributed by atoms with van der Waals surface area (Å²) in [6.07, 6.45) is 8.91. The number of rotatable bonds is 4. The minimum Gasteiger partial charge on any atom is -0.381 e. The molecular weight excluding hydrogens is 250 g/mol. The smallest absolute Gasteiger partial charge is 0.0951 e. The number of ether oxygens (including phenoxy) is 1. The van der Waals surface area contributed by atoms with E-state index in [-0.39, 0.29) is 6.04 Å². The summed E-state index contributed by atoms with van der Waals surface area (Å²) >= 11 is 0. The van der Waals surface area contributed by atoms with E-state index in [1.54, 1.807) is 0 Å². The fraction of sp³-hybridized carbons (Fsp3) is 0.812. The lowest BCUT2D eigenvalue weighted by Gasteiger charge is -2.26. The Labute approximate surface area is 121 Å². The third kappa shape index (κ3) is 2.40. The molecule has 5 unspecified atom stereocenters. The van der Waals surface area contributed by atoms with Gasteiger partial charge in [0.05, 0.1) is 24.7 Å². The van der Waals surface area contributed by atoms with Gasteiger partial charge in [-0.3, -0.25) is 0 Å². The van der Waals surface area contributed by atoms with Crippen LogP contribution in [0.2, 0.25) is 0 Å². The molecule has 2 aliphatic rings. The summed E-state index contributed by atoms with van der Waals surface area (Å²) in [6.45, 7) is 6.34. The summed E-state index contributed by atoms with van der Waals surface area (Å²) in [6, 6.07) is 0.638.